The molecule has 0 spiro atoms. The van der Waals surface area contributed by atoms with E-state index >= 15 is 0 Å². The number of H-pyrrole nitrogens is 1. The molecule has 5 aromatic rings. The van der Waals surface area contributed by atoms with E-state index in [-0.39, 0.29) is 5.91 Å². The zero-order chi connectivity index (χ0) is 25.5. The number of aromatic nitrogens is 5. The zero-order valence-corrected chi connectivity index (χ0v) is 21.1. The van der Waals surface area contributed by atoms with Gasteiger partial charge in [-0.25, -0.2) is 14.5 Å². The van der Waals surface area contributed by atoms with Gasteiger partial charge in [-0.15, -0.1) is 0 Å². The molecule has 6 rings (SSSR count). The molecule has 1 aliphatic rings. The summed E-state index contributed by atoms with van der Waals surface area (Å²) in [5.41, 5.74) is 14.1. The van der Waals surface area contributed by atoms with Gasteiger partial charge in [0.15, 0.2) is 5.65 Å². The van der Waals surface area contributed by atoms with Crippen molar-refractivity contribution in [3.8, 4) is 22.4 Å². The molecular weight excluding hydrogens is 464 g/mol. The molecular formula is C28H30N8O. The van der Waals surface area contributed by atoms with Crippen LogP contribution in [0.15, 0.2) is 55.1 Å². The number of hydrogen-bond donors (Lipinski definition) is 2. The van der Waals surface area contributed by atoms with Crippen LogP contribution < -0.4 is 10.6 Å². The Morgan fingerprint density at radius 1 is 1.03 bits per heavy atom. The molecule has 0 bridgehead atoms. The fourth-order valence-electron chi connectivity index (χ4n) is 5.38. The van der Waals surface area contributed by atoms with Crippen LogP contribution in [0.2, 0.25) is 0 Å². The molecule has 9 nitrogen and oxygen atoms in total. The molecule has 37 heavy (non-hydrogen) atoms. The molecule has 3 N–H and O–H groups in total. The molecule has 1 aliphatic heterocycles. The number of carbonyl (C=O) groups is 1. The van der Waals surface area contributed by atoms with Crippen molar-refractivity contribution in [2.24, 2.45) is 5.73 Å². The van der Waals surface area contributed by atoms with Crippen molar-refractivity contribution < 1.29 is 4.79 Å². The Bertz CT molecular complexity index is 1590. The molecule has 1 saturated heterocycles. The first-order valence-electron chi connectivity index (χ1n) is 12.7. The quantitative estimate of drug-likeness (QED) is 0.375. The molecule has 0 radical (unpaired) electrons. The molecule has 0 aliphatic carbocycles. The van der Waals surface area contributed by atoms with E-state index < -0.39 is 0 Å². The van der Waals surface area contributed by atoms with Gasteiger partial charge in [-0.1, -0.05) is 19.1 Å². The van der Waals surface area contributed by atoms with Gasteiger partial charge < -0.3 is 15.6 Å². The SMILES string of the molecule is CCc1c(-c2cc(C)c3ncnn3c2)[nH]c2cc(-c3ccc(N4CCN(CC(N)=O)CC4)nc3)ccc12. The van der Waals surface area contributed by atoms with Crippen molar-refractivity contribution in [2.75, 3.05) is 37.6 Å². The number of benzene rings is 1. The summed E-state index contributed by atoms with van der Waals surface area (Å²) in [4.78, 5) is 28.3. The summed E-state index contributed by atoms with van der Waals surface area (Å²) in [6.45, 7) is 7.85. The number of aromatic amines is 1. The summed E-state index contributed by atoms with van der Waals surface area (Å²) in [5, 5.41) is 5.58. The van der Waals surface area contributed by atoms with E-state index in [0.717, 1.165) is 77.5 Å². The lowest BCUT2D eigenvalue weighted by molar-refractivity contribution is -0.119. The first-order chi connectivity index (χ1) is 18.0. The largest absolute Gasteiger partial charge is 0.369 e. The van der Waals surface area contributed by atoms with Crippen LogP contribution in [0, 0.1) is 6.92 Å². The fourth-order valence-corrected chi connectivity index (χ4v) is 5.38. The number of fused-ring (bicyclic) bond motifs is 2. The van der Waals surface area contributed by atoms with Crippen LogP contribution in [0.1, 0.15) is 18.1 Å². The lowest BCUT2D eigenvalue weighted by Gasteiger charge is -2.34. The standard InChI is InChI=1S/C28H30N8O/c1-3-22-23-6-4-19(13-24(23)33-27(22)21-12-18(2)28-31-17-32-36(28)15-21)20-5-7-26(30-14-20)35-10-8-34(9-11-35)16-25(29)37/h4-7,12-15,17,33H,3,8-11,16H2,1-2H3,(H2,29,37). The molecule has 0 atom stereocenters. The number of nitrogens with two attached hydrogens (primary N) is 1. The van der Waals surface area contributed by atoms with Gasteiger partial charge in [0.1, 0.15) is 12.1 Å². The summed E-state index contributed by atoms with van der Waals surface area (Å²) in [7, 11) is 0. The average Bonchev–Trinajstić information content (AvgIpc) is 3.53. The average molecular weight is 495 g/mol. The molecule has 9 heteroatoms. The number of rotatable bonds is 6. The predicted octanol–water partition coefficient (Wildman–Crippen LogP) is 3.42. The normalized spacial score (nSPS) is 14.6. The van der Waals surface area contributed by atoms with E-state index in [1.807, 2.05) is 16.9 Å². The number of hydrogen-bond acceptors (Lipinski definition) is 6. The maximum Gasteiger partial charge on any atom is 0.231 e. The lowest BCUT2D eigenvalue weighted by atomic mass is 10.0. The number of amides is 1. The Labute approximate surface area is 214 Å². The fraction of sp³-hybridized carbons (Fsp3) is 0.286. The molecule has 0 saturated carbocycles. The van der Waals surface area contributed by atoms with Crippen LogP contribution >= 0.6 is 0 Å². The molecule has 5 heterocycles. The van der Waals surface area contributed by atoms with E-state index in [1.54, 1.807) is 6.33 Å². The summed E-state index contributed by atoms with van der Waals surface area (Å²) in [6.07, 6.45) is 6.50. The van der Waals surface area contributed by atoms with Crippen LogP contribution in [-0.2, 0) is 11.2 Å². The van der Waals surface area contributed by atoms with Gasteiger partial charge in [0.05, 0.1) is 12.2 Å². The zero-order valence-electron chi connectivity index (χ0n) is 21.1. The minimum absolute atomic E-state index is 0.278. The highest BCUT2D eigenvalue weighted by Gasteiger charge is 2.19. The number of primary amides is 1. The Morgan fingerprint density at radius 3 is 2.57 bits per heavy atom. The van der Waals surface area contributed by atoms with Crippen LogP contribution in [0.4, 0.5) is 5.82 Å². The highest BCUT2D eigenvalue weighted by Crippen LogP contribution is 2.34. The molecule has 1 fully saturated rings. The first kappa shape index (κ1) is 23.2. The maximum absolute atomic E-state index is 11.2. The number of carbonyl (C=O) groups excluding carboxylic acids is 1. The Kier molecular flexibility index (Phi) is 5.84. The van der Waals surface area contributed by atoms with Crippen molar-refractivity contribution in [3.63, 3.8) is 0 Å². The number of nitrogens with zero attached hydrogens (tertiary/aromatic N) is 6. The molecule has 1 amide bonds. The van der Waals surface area contributed by atoms with Crippen LogP contribution in [0.25, 0.3) is 38.9 Å². The van der Waals surface area contributed by atoms with Gasteiger partial charge in [0.2, 0.25) is 5.91 Å². The minimum Gasteiger partial charge on any atom is -0.369 e. The Balaban J connectivity index is 1.27. The van der Waals surface area contributed by atoms with E-state index in [2.05, 4.69) is 75.1 Å². The summed E-state index contributed by atoms with van der Waals surface area (Å²) in [6, 6.07) is 13.0. The molecule has 1 aromatic carbocycles. The number of pyridine rings is 2. The van der Waals surface area contributed by atoms with Crippen molar-refractivity contribution >= 4 is 28.3 Å². The monoisotopic (exact) mass is 494 g/mol. The highest BCUT2D eigenvalue weighted by atomic mass is 16.1. The van der Waals surface area contributed by atoms with Crippen LogP contribution in [0.3, 0.4) is 0 Å². The van der Waals surface area contributed by atoms with Crippen molar-refractivity contribution in [3.05, 3.63) is 66.2 Å². The summed E-state index contributed by atoms with van der Waals surface area (Å²) in [5.74, 6) is 0.678. The van der Waals surface area contributed by atoms with E-state index in [0.29, 0.717) is 6.54 Å². The van der Waals surface area contributed by atoms with Gasteiger partial charge in [-0.3, -0.25) is 9.69 Å². The Hall–Kier alpha value is -4.24. The second-order valence-electron chi connectivity index (χ2n) is 9.67. The second kappa shape index (κ2) is 9.33. The van der Waals surface area contributed by atoms with E-state index in [9.17, 15) is 4.79 Å². The third kappa shape index (κ3) is 4.31. The summed E-state index contributed by atoms with van der Waals surface area (Å²) < 4.78 is 1.84. The van der Waals surface area contributed by atoms with Crippen LogP contribution in [0.5, 0.6) is 0 Å². The van der Waals surface area contributed by atoms with Gasteiger partial charge in [-0.05, 0) is 54.3 Å². The van der Waals surface area contributed by atoms with E-state index in [4.69, 9.17) is 10.7 Å². The lowest BCUT2D eigenvalue weighted by Crippen LogP contribution is -2.49. The number of anilines is 1. The smallest absolute Gasteiger partial charge is 0.231 e. The van der Waals surface area contributed by atoms with Gasteiger partial charge in [0.25, 0.3) is 0 Å². The van der Waals surface area contributed by atoms with Crippen molar-refractivity contribution in [1.29, 1.82) is 0 Å². The third-order valence-electron chi connectivity index (χ3n) is 7.26. The van der Waals surface area contributed by atoms with Gasteiger partial charge >= 0.3 is 0 Å². The first-order valence-corrected chi connectivity index (χ1v) is 12.7. The molecule has 4 aromatic heterocycles. The number of piperazine rings is 1. The minimum atomic E-state index is -0.278. The highest BCUT2D eigenvalue weighted by molar-refractivity contribution is 5.93. The second-order valence-corrected chi connectivity index (χ2v) is 9.67. The molecule has 188 valence electrons. The molecule has 0 unspecified atom stereocenters. The summed E-state index contributed by atoms with van der Waals surface area (Å²) >= 11 is 0. The number of aryl methyl sites for hydroxylation is 2. The van der Waals surface area contributed by atoms with E-state index in [1.165, 1.54) is 10.9 Å². The Morgan fingerprint density at radius 2 is 1.84 bits per heavy atom. The maximum atomic E-state index is 11.2. The van der Waals surface area contributed by atoms with Gasteiger partial charge in [-0.2, -0.15) is 5.10 Å². The van der Waals surface area contributed by atoms with Crippen LogP contribution in [-0.4, -0.2) is 68.1 Å². The number of nitrogens with one attached hydrogen (secondary N) is 1. The predicted molar refractivity (Wildman–Crippen MR) is 145 cm³/mol. The third-order valence-corrected chi connectivity index (χ3v) is 7.26. The van der Waals surface area contributed by atoms with Crippen molar-refractivity contribution in [2.45, 2.75) is 20.3 Å². The van der Waals surface area contributed by atoms with Crippen molar-refractivity contribution in [1.82, 2.24) is 29.5 Å². The van der Waals surface area contributed by atoms with Gasteiger partial charge in [0, 0.05) is 60.6 Å². The topological polar surface area (TPSA) is 108 Å².